The molecule has 0 saturated carbocycles. The summed E-state index contributed by atoms with van der Waals surface area (Å²) in [4.78, 5) is 12.5. The number of benzene rings is 2. The van der Waals surface area contributed by atoms with Crippen molar-refractivity contribution in [3.63, 3.8) is 0 Å². The Morgan fingerprint density at radius 3 is 2.24 bits per heavy atom. The summed E-state index contributed by atoms with van der Waals surface area (Å²) in [5.41, 5.74) is 1.79. The Bertz CT molecular complexity index is 1010. The van der Waals surface area contributed by atoms with Crippen LogP contribution >= 0.6 is 0 Å². The monoisotopic (exact) mass is 476 g/mol. The van der Waals surface area contributed by atoms with E-state index in [0.29, 0.717) is 35.2 Å². The van der Waals surface area contributed by atoms with Gasteiger partial charge < -0.3 is 14.8 Å². The van der Waals surface area contributed by atoms with Gasteiger partial charge in [-0.05, 0) is 42.2 Å². The molecule has 33 heavy (non-hydrogen) atoms. The summed E-state index contributed by atoms with van der Waals surface area (Å²) >= 11 is 0. The maximum Gasteiger partial charge on any atom is 0.251 e. The van der Waals surface area contributed by atoms with Gasteiger partial charge in [-0.2, -0.15) is 0 Å². The number of sulfonamides is 1. The van der Waals surface area contributed by atoms with Gasteiger partial charge in [0.2, 0.25) is 10.0 Å². The summed E-state index contributed by atoms with van der Waals surface area (Å²) < 4.78 is 36.9. The number of methoxy groups -OCH3 is 2. The maximum atomic E-state index is 12.5. The Kier molecular flexibility index (Phi) is 10.0. The van der Waals surface area contributed by atoms with Crippen molar-refractivity contribution in [2.45, 2.75) is 46.1 Å². The van der Waals surface area contributed by atoms with Crippen LogP contribution in [0, 0.1) is 5.92 Å². The molecule has 1 amide bonds. The third-order valence-electron chi connectivity index (χ3n) is 5.69. The molecular formula is C25H36N2O5S. The third kappa shape index (κ3) is 7.67. The van der Waals surface area contributed by atoms with Gasteiger partial charge in [-0.15, -0.1) is 0 Å². The molecule has 0 saturated heterocycles. The minimum absolute atomic E-state index is 0.114. The quantitative estimate of drug-likeness (QED) is 0.456. The molecule has 0 aromatic heterocycles. The van der Waals surface area contributed by atoms with Gasteiger partial charge in [-0.1, -0.05) is 45.2 Å². The molecule has 0 aliphatic heterocycles. The van der Waals surface area contributed by atoms with E-state index in [1.54, 1.807) is 42.5 Å². The molecule has 2 aromatic rings. The normalized spacial score (nSPS) is 12.2. The second-order valence-electron chi connectivity index (χ2n) is 8.13. The van der Waals surface area contributed by atoms with E-state index in [2.05, 4.69) is 19.2 Å². The molecule has 8 heteroatoms. The van der Waals surface area contributed by atoms with Gasteiger partial charge in [-0.25, -0.2) is 8.42 Å². The summed E-state index contributed by atoms with van der Waals surface area (Å²) in [5.74, 6) is 1.33. The molecular weight excluding hydrogens is 440 g/mol. The number of anilines is 1. The third-order valence-corrected chi connectivity index (χ3v) is 6.83. The number of carbonyl (C=O) groups excluding carboxylic acids is 1. The van der Waals surface area contributed by atoms with E-state index in [1.807, 2.05) is 0 Å². The summed E-state index contributed by atoms with van der Waals surface area (Å²) in [6.45, 7) is 5.11. The fourth-order valence-electron chi connectivity index (χ4n) is 3.59. The summed E-state index contributed by atoms with van der Waals surface area (Å²) in [7, 11) is -0.531. The van der Waals surface area contributed by atoms with Gasteiger partial charge >= 0.3 is 0 Å². The molecule has 2 aromatic carbocycles. The highest BCUT2D eigenvalue weighted by atomic mass is 32.2. The van der Waals surface area contributed by atoms with Crippen molar-refractivity contribution in [3.8, 4) is 11.5 Å². The van der Waals surface area contributed by atoms with Crippen LogP contribution in [-0.4, -0.2) is 41.3 Å². The Labute approximate surface area is 198 Å². The minimum Gasteiger partial charge on any atom is -0.493 e. The summed E-state index contributed by atoms with van der Waals surface area (Å²) in [6.07, 6.45) is 5.63. The Balaban J connectivity index is 2.13. The van der Waals surface area contributed by atoms with Crippen molar-refractivity contribution < 1.29 is 22.7 Å². The van der Waals surface area contributed by atoms with E-state index in [0.717, 1.165) is 31.1 Å². The second kappa shape index (κ2) is 12.5. The number of carbonyl (C=O) groups is 1. The van der Waals surface area contributed by atoms with Crippen LogP contribution in [0.4, 0.5) is 5.69 Å². The van der Waals surface area contributed by atoms with Crippen LogP contribution in [0.15, 0.2) is 42.5 Å². The van der Waals surface area contributed by atoms with E-state index in [-0.39, 0.29) is 12.5 Å². The first kappa shape index (κ1) is 26.5. The smallest absolute Gasteiger partial charge is 0.251 e. The van der Waals surface area contributed by atoms with Crippen molar-refractivity contribution in [2.75, 3.05) is 31.3 Å². The van der Waals surface area contributed by atoms with Crippen LogP contribution in [0.3, 0.4) is 0 Å². The average molecular weight is 477 g/mol. The lowest BCUT2D eigenvalue weighted by molar-refractivity contribution is 0.0946. The van der Waals surface area contributed by atoms with Crippen molar-refractivity contribution in [1.29, 1.82) is 0 Å². The maximum absolute atomic E-state index is 12.5. The lowest BCUT2D eigenvalue weighted by Crippen LogP contribution is -2.30. The topological polar surface area (TPSA) is 84.9 Å². The first-order valence-corrected chi connectivity index (χ1v) is 13.1. The van der Waals surface area contributed by atoms with Crippen LogP contribution in [0.25, 0.3) is 0 Å². The summed E-state index contributed by atoms with van der Waals surface area (Å²) in [6, 6.07) is 12.0. The van der Waals surface area contributed by atoms with Crippen molar-refractivity contribution in [2.24, 2.45) is 5.92 Å². The molecule has 1 atom stereocenters. The number of nitrogens with zero attached hydrogens (tertiary/aromatic N) is 1. The first-order chi connectivity index (χ1) is 15.7. The molecule has 2 rings (SSSR count). The van der Waals surface area contributed by atoms with E-state index in [9.17, 15) is 13.2 Å². The van der Waals surface area contributed by atoms with Crippen molar-refractivity contribution >= 4 is 21.6 Å². The number of hydrogen-bond donors (Lipinski definition) is 1. The highest BCUT2D eigenvalue weighted by Gasteiger charge is 2.20. The van der Waals surface area contributed by atoms with Gasteiger partial charge in [-0.3, -0.25) is 9.10 Å². The number of ether oxygens (including phenoxy) is 2. The zero-order chi connectivity index (χ0) is 24.4. The van der Waals surface area contributed by atoms with Gasteiger partial charge in [0.15, 0.2) is 11.5 Å². The van der Waals surface area contributed by atoms with Gasteiger partial charge in [0.05, 0.1) is 32.7 Å². The van der Waals surface area contributed by atoms with Gasteiger partial charge in [0.1, 0.15) is 0 Å². The first-order valence-electron chi connectivity index (χ1n) is 11.3. The Morgan fingerprint density at radius 1 is 1.03 bits per heavy atom. The standard InChI is InChI=1S/C25H36N2O5S/c1-6-8-9-19(7-2)17-26-25(28)21-12-10-20(11-13-21)18-27(33(5,29)30)22-14-15-23(31-3)24(16-22)32-4/h10-16,19H,6-9,17-18H2,1-5H3,(H,26,28)/t19-/m1/s1. The zero-order valence-electron chi connectivity index (χ0n) is 20.3. The molecule has 0 spiro atoms. The molecule has 1 N–H and O–H groups in total. The van der Waals surface area contributed by atoms with Crippen molar-refractivity contribution in [3.05, 3.63) is 53.6 Å². The second-order valence-corrected chi connectivity index (χ2v) is 10.0. The average Bonchev–Trinajstić information content (AvgIpc) is 2.81. The number of hydrogen-bond acceptors (Lipinski definition) is 5. The molecule has 0 aliphatic carbocycles. The lowest BCUT2D eigenvalue weighted by Gasteiger charge is -2.23. The fourth-order valence-corrected chi connectivity index (χ4v) is 4.47. The van der Waals surface area contributed by atoms with E-state index >= 15 is 0 Å². The van der Waals surface area contributed by atoms with Gasteiger partial charge in [0.25, 0.3) is 5.91 Å². The Morgan fingerprint density at radius 2 is 1.70 bits per heavy atom. The minimum atomic E-state index is -3.56. The molecule has 0 radical (unpaired) electrons. The molecule has 182 valence electrons. The fraction of sp³-hybridized carbons (Fsp3) is 0.480. The van der Waals surface area contributed by atoms with Gasteiger partial charge in [0, 0.05) is 18.2 Å². The lowest BCUT2D eigenvalue weighted by atomic mass is 9.99. The molecule has 0 heterocycles. The van der Waals surface area contributed by atoms with Crippen LogP contribution in [0.1, 0.15) is 55.5 Å². The largest absolute Gasteiger partial charge is 0.493 e. The predicted molar refractivity (Wildman–Crippen MR) is 133 cm³/mol. The van der Waals surface area contributed by atoms with Crippen LogP contribution in [-0.2, 0) is 16.6 Å². The van der Waals surface area contributed by atoms with Crippen molar-refractivity contribution in [1.82, 2.24) is 5.32 Å². The Hall–Kier alpha value is -2.74. The number of rotatable bonds is 13. The highest BCUT2D eigenvalue weighted by molar-refractivity contribution is 7.92. The number of amides is 1. The number of nitrogens with one attached hydrogen (secondary N) is 1. The molecule has 0 fully saturated rings. The van der Waals surface area contributed by atoms with Crippen LogP contribution < -0.4 is 19.1 Å². The van der Waals surface area contributed by atoms with E-state index in [4.69, 9.17) is 9.47 Å². The van der Waals surface area contributed by atoms with Crippen LogP contribution in [0.5, 0.6) is 11.5 Å². The van der Waals surface area contributed by atoms with E-state index in [1.165, 1.54) is 24.9 Å². The predicted octanol–water partition coefficient (Wildman–Crippen LogP) is 4.62. The highest BCUT2D eigenvalue weighted by Crippen LogP contribution is 2.33. The molecule has 7 nitrogen and oxygen atoms in total. The molecule has 0 bridgehead atoms. The van der Waals surface area contributed by atoms with Crippen LogP contribution in [0.2, 0.25) is 0 Å². The summed E-state index contributed by atoms with van der Waals surface area (Å²) in [5, 5.41) is 3.02. The molecule has 0 aliphatic rings. The number of unbranched alkanes of at least 4 members (excludes halogenated alkanes) is 1. The SMILES string of the molecule is CCCC[C@@H](CC)CNC(=O)c1ccc(CN(c2ccc(OC)c(OC)c2)S(C)(=O)=O)cc1. The van der Waals surface area contributed by atoms with E-state index < -0.39 is 10.0 Å². The zero-order valence-corrected chi connectivity index (χ0v) is 21.1. The molecule has 0 unspecified atom stereocenters.